The van der Waals surface area contributed by atoms with Crippen molar-refractivity contribution in [3.63, 3.8) is 0 Å². The molecule has 204 valence electrons. The van der Waals surface area contributed by atoms with Gasteiger partial charge in [-0.15, -0.1) is 0 Å². The number of amides is 2. The van der Waals surface area contributed by atoms with Gasteiger partial charge >= 0.3 is 23.9 Å². The van der Waals surface area contributed by atoms with Crippen LogP contribution in [0.1, 0.15) is 5.56 Å². The first-order valence-electron chi connectivity index (χ1n) is 10.2. The minimum Gasteiger partial charge on any atom is -0.462 e. The molecule has 0 heterocycles. The van der Waals surface area contributed by atoms with Crippen LogP contribution in [0.4, 0.5) is 16.2 Å². The number of aliphatic hydroxyl groups excluding tert-OH is 1. The number of hydrogen-bond acceptors (Lipinski definition) is 12. The molecule has 0 bridgehead atoms. The maximum absolute atomic E-state index is 11.1. The van der Waals surface area contributed by atoms with Gasteiger partial charge in [0.1, 0.15) is 19.8 Å². The lowest BCUT2D eigenvalue weighted by Crippen LogP contribution is -2.42. The third-order valence-electron chi connectivity index (χ3n) is 3.93. The first kappa shape index (κ1) is 35.0. The second-order valence-corrected chi connectivity index (χ2v) is 6.87. The first-order chi connectivity index (χ1) is 17.9. The maximum Gasteiger partial charge on any atom is 0.330 e. The van der Waals surface area contributed by atoms with Gasteiger partial charge in [-0.2, -0.15) is 9.98 Å². The van der Waals surface area contributed by atoms with E-state index in [2.05, 4.69) is 41.2 Å². The molecule has 0 aliphatic rings. The van der Waals surface area contributed by atoms with Crippen molar-refractivity contribution in [1.29, 1.82) is 0 Å². The van der Waals surface area contributed by atoms with Gasteiger partial charge in [0.2, 0.25) is 12.2 Å². The molecular formula is C24H28N4O10. The van der Waals surface area contributed by atoms with Crippen LogP contribution >= 0.6 is 0 Å². The minimum absolute atomic E-state index is 0.330. The van der Waals surface area contributed by atoms with Gasteiger partial charge in [0.15, 0.2) is 0 Å². The van der Waals surface area contributed by atoms with Crippen LogP contribution in [0, 0.1) is 12.3 Å². The van der Waals surface area contributed by atoms with Crippen LogP contribution in [0.25, 0.3) is 0 Å². The predicted octanol–water partition coefficient (Wildman–Crippen LogP) is 1.11. The number of isocyanates is 2. The summed E-state index contributed by atoms with van der Waals surface area (Å²) in [6.45, 7) is 9.94. The molecule has 0 aliphatic carbocycles. The van der Waals surface area contributed by atoms with E-state index in [9.17, 15) is 29.1 Å². The van der Waals surface area contributed by atoms with E-state index in [0.717, 1.165) is 23.8 Å². The van der Waals surface area contributed by atoms with Gasteiger partial charge in [-0.3, -0.25) is 0 Å². The standard InChI is InChI=1S/C14H18O7.C9H6N2O2.CH4N2O/c1-4-11(16)19-8-14(7-15,9-20-12(17)5-2)10-21-13(18)6-3;1-7-2-3-8(10-5-12)4-9(7)11-6-13;2-1(3)4/h4-6,15H,1-3,7-10H2;2-4H,1H3;(H4,2,3,4). The number of nitrogens with zero attached hydrogens (tertiary/aromatic N) is 2. The zero-order chi connectivity index (χ0) is 29.6. The fraction of sp³-hybridized carbons (Fsp3) is 0.250. The van der Waals surface area contributed by atoms with Crippen LogP contribution in [0.2, 0.25) is 0 Å². The van der Waals surface area contributed by atoms with Crippen molar-refractivity contribution in [2.24, 2.45) is 26.9 Å². The number of carbonyl (C=O) groups is 4. The summed E-state index contributed by atoms with van der Waals surface area (Å²) in [5, 5.41) is 9.48. The van der Waals surface area contributed by atoms with Crippen LogP contribution in [0.3, 0.4) is 0 Å². The molecular weight excluding hydrogens is 504 g/mol. The Morgan fingerprint density at radius 1 is 0.895 bits per heavy atom. The summed E-state index contributed by atoms with van der Waals surface area (Å²) in [5.74, 6) is -2.17. The number of primary amides is 2. The van der Waals surface area contributed by atoms with Crippen molar-refractivity contribution >= 4 is 47.5 Å². The van der Waals surface area contributed by atoms with Crippen molar-refractivity contribution in [1.82, 2.24) is 0 Å². The predicted molar refractivity (Wildman–Crippen MR) is 133 cm³/mol. The number of esters is 3. The molecule has 0 unspecified atom stereocenters. The molecule has 0 aromatic heterocycles. The number of aliphatic hydroxyl groups is 1. The van der Waals surface area contributed by atoms with Gasteiger partial charge in [0, 0.05) is 18.2 Å². The number of nitrogens with two attached hydrogens (primary N) is 2. The van der Waals surface area contributed by atoms with E-state index >= 15 is 0 Å². The van der Waals surface area contributed by atoms with Crippen molar-refractivity contribution in [3.05, 3.63) is 61.7 Å². The summed E-state index contributed by atoms with van der Waals surface area (Å²) < 4.78 is 14.5. The Morgan fingerprint density at radius 3 is 1.61 bits per heavy atom. The van der Waals surface area contributed by atoms with Gasteiger partial charge in [0.05, 0.1) is 23.4 Å². The molecule has 0 spiro atoms. The molecule has 1 aromatic carbocycles. The maximum atomic E-state index is 11.1. The van der Waals surface area contributed by atoms with Crippen LogP contribution < -0.4 is 11.5 Å². The highest BCUT2D eigenvalue weighted by molar-refractivity contribution is 5.82. The van der Waals surface area contributed by atoms with E-state index in [-0.39, 0.29) is 19.8 Å². The average Bonchev–Trinajstić information content (AvgIpc) is 2.90. The van der Waals surface area contributed by atoms with E-state index in [1.54, 1.807) is 19.1 Å². The van der Waals surface area contributed by atoms with Gasteiger partial charge in [0.25, 0.3) is 0 Å². The number of ether oxygens (including phenoxy) is 3. The van der Waals surface area contributed by atoms with Crippen LogP contribution in [0.5, 0.6) is 0 Å². The fourth-order valence-corrected chi connectivity index (χ4v) is 2.00. The Kier molecular flexibility index (Phi) is 18.5. The number of rotatable bonds is 12. The molecule has 2 amide bonds. The fourth-order valence-electron chi connectivity index (χ4n) is 2.00. The summed E-state index contributed by atoms with van der Waals surface area (Å²) in [6.07, 6.45) is 5.65. The first-order valence-corrected chi connectivity index (χ1v) is 10.2. The van der Waals surface area contributed by atoms with E-state index in [1.165, 1.54) is 18.2 Å². The molecule has 1 rings (SSSR count). The lowest BCUT2D eigenvalue weighted by atomic mass is 9.92. The highest BCUT2D eigenvalue weighted by Crippen LogP contribution is 2.24. The molecule has 5 N–H and O–H groups in total. The number of hydrogen-bond donors (Lipinski definition) is 3. The highest BCUT2D eigenvalue weighted by atomic mass is 16.6. The largest absolute Gasteiger partial charge is 0.462 e. The Labute approximate surface area is 218 Å². The van der Waals surface area contributed by atoms with Gasteiger partial charge in [-0.1, -0.05) is 25.8 Å². The van der Waals surface area contributed by atoms with E-state index in [4.69, 9.17) is 19.0 Å². The molecule has 38 heavy (non-hydrogen) atoms. The molecule has 0 aliphatic heterocycles. The highest BCUT2D eigenvalue weighted by Gasteiger charge is 2.35. The van der Waals surface area contributed by atoms with Crippen LogP contribution in [-0.2, 0) is 38.2 Å². The Morgan fingerprint density at radius 2 is 1.29 bits per heavy atom. The Hall–Kier alpha value is -5.16. The van der Waals surface area contributed by atoms with Crippen LogP contribution in [-0.4, -0.2) is 67.6 Å². The molecule has 0 saturated carbocycles. The zero-order valence-corrected chi connectivity index (χ0v) is 20.6. The van der Waals surface area contributed by atoms with E-state index in [0.29, 0.717) is 11.4 Å². The van der Waals surface area contributed by atoms with E-state index in [1.807, 2.05) is 0 Å². The second-order valence-electron chi connectivity index (χ2n) is 6.87. The van der Waals surface area contributed by atoms with Gasteiger partial charge in [-0.25, -0.2) is 28.8 Å². The molecule has 0 radical (unpaired) electrons. The summed E-state index contributed by atoms with van der Waals surface area (Å²) in [6, 6.07) is 4.04. The normalized spacial score (nSPS) is 9.11. The van der Waals surface area contributed by atoms with Crippen molar-refractivity contribution in [3.8, 4) is 0 Å². The number of urea groups is 1. The van der Waals surface area contributed by atoms with E-state index < -0.39 is 36.0 Å². The van der Waals surface area contributed by atoms with Crippen molar-refractivity contribution in [2.75, 3.05) is 26.4 Å². The molecule has 14 heteroatoms. The summed E-state index contributed by atoms with van der Waals surface area (Å²) in [7, 11) is 0. The van der Waals surface area contributed by atoms with Gasteiger partial charge < -0.3 is 30.8 Å². The topological polar surface area (TPSA) is 227 Å². The lowest BCUT2D eigenvalue weighted by molar-refractivity contribution is -0.159. The Bertz CT molecular complexity index is 1040. The SMILES string of the molecule is C=CC(=O)OCC(CO)(COC(=O)C=C)COC(=O)C=C.Cc1ccc(N=C=O)cc1N=C=O.NC(N)=O. The quantitative estimate of drug-likeness (QED) is 0.114. The second kappa shape index (κ2) is 20.1. The average molecular weight is 533 g/mol. The molecule has 0 saturated heterocycles. The summed E-state index contributed by atoms with van der Waals surface area (Å²) in [5.41, 5.74) is 8.94. The van der Waals surface area contributed by atoms with Gasteiger partial charge in [-0.05, 0) is 24.6 Å². The Balaban J connectivity index is 0. The third kappa shape index (κ3) is 16.5. The zero-order valence-electron chi connectivity index (χ0n) is 20.6. The third-order valence-corrected chi connectivity index (χ3v) is 3.93. The summed E-state index contributed by atoms with van der Waals surface area (Å²) in [4.78, 5) is 69.1. The number of aryl methyl sites for hydroxylation is 1. The van der Waals surface area contributed by atoms with Crippen molar-refractivity contribution in [2.45, 2.75) is 6.92 Å². The summed E-state index contributed by atoms with van der Waals surface area (Å²) >= 11 is 0. The molecule has 14 nitrogen and oxygen atoms in total. The van der Waals surface area contributed by atoms with Crippen LogP contribution in [0.15, 0.2) is 66.1 Å². The molecule has 0 fully saturated rings. The number of benzene rings is 1. The number of carbonyl (C=O) groups excluding carboxylic acids is 6. The molecule has 1 aromatic rings. The monoisotopic (exact) mass is 532 g/mol. The lowest BCUT2D eigenvalue weighted by Gasteiger charge is -2.29. The molecule has 0 atom stereocenters. The smallest absolute Gasteiger partial charge is 0.330 e. The van der Waals surface area contributed by atoms with Crippen molar-refractivity contribution < 1.29 is 48.1 Å². The number of aliphatic imine (C=N–C) groups is 2. The minimum atomic E-state index is -1.28.